The summed E-state index contributed by atoms with van der Waals surface area (Å²) in [7, 11) is -4.03. The van der Waals surface area contributed by atoms with Crippen LogP contribution < -0.4 is 4.72 Å². The van der Waals surface area contributed by atoms with Gasteiger partial charge in [0.15, 0.2) is 11.6 Å². The number of anilines is 1. The van der Waals surface area contributed by atoms with Gasteiger partial charge in [0.1, 0.15) is 0 Å². The molecule has 110 valence electrons. The van der Waals surface area contributed by atoms with E-state index in [9.17, 15) is 17.6 Å². The fourth-order valence-electron chi connectivity index (χ4n) is 1.55. The number of carboxylic acid groups (broad SMARTS) is 1. The van der Waals surface area contributed by atoms with Crippen molar-refractivity contribution in [3.05, 3.63) is 53.8 Å². The lowest BCUT2D eigenvalue weighted by molar-refractivity contribution is 0.0697. The minimum atomic E-state index is -4.03. The lowest BCUT2D eigenvalue weighted by Crippen LogP contribution is -2.13. The molecule has 0 radical (unpaired) electrons. The van der Waals surface area contributed by atoms with Gasteiger partial charge in [-0.25, -0.2) is 17.6 Å². The molecule has 0 aliphatic heterocycles. The second kappa shape index (κ2) is 5.41. The van der Waals surface area contributed by atoms with Crippen LogP contribution in [0, 0.1) is 5.82 Å². The maximum Gasteiger partial charge on any atom is 0.335 e. The largest absolute Gasteiger partial charge is 0.505 e. The molecule has 0 aliphatic carbocycles. The minimum Gasteiger partial charge on any atom is -0.505 e. The molecule has 2 rings (SSSR count). The minimum absolute atomic E-state index is 0.00799. The highest BCUT2D eigenvalue weighted by molar-refractivity contribution is 7.92. The molecule has 0 aromatic heterocycles. The molecule has 2 aromatic carbocycles. The van der Waals surface area contributed by atoms with Crippen LogP contribution in [-0.4, -0.2) is 24.6 Å². The number of nitrogens with one attached hydrogen (secondary N) is 1. The molecule has 0 amide bonds. The highest BCUT2D eigenvalue weighted by atomic mass is 32.2. The number of sulfonamides is 1. The Labute approximate surface area is 119 Å². The van der Waals surface area contributed by atoms with Gasteiger partial charge in [-0.05, 0) is 42.5 Å². The Balaban J connectivity index is 2.28. The Bertz CT molecular complexity index is 787. The van der Waals surface area contributed by atoms with Gasteiger partial charge in [-0.2, -0.15) is 0 Å². The number of carbonyl (C=O) groups is 1. The van der Waals surface area contributed by atoms with Crippen LogP contribution >= 0.6 is 0 Å². The predicted molar refractivity (Wildman–Crippen MR) is 72.3 cm³/mol. The SMILES string of the molecule is O=C(O)c1ccc(NS(=O)(=O)c2ccc(O)c(F)c2)cc1. The number of phenolic OH excluding ortho intramolecular Hbond substituents is 1. The molecular formula is C13H10FNO5S. The second-order valence-electron chi connectivity index (χ2n) is 4.10. The molecular weight excluding hydrogens is 301 g/mol. The van der Waals surface area contributed by atoms with Crippen LogP contribution in [0.5, 0.6) is 5.75 Å². The molecule has 21 heavy (non-hydrogen) atoms. The molecule has 0 atom stereocenters. The topological polar surface area (TPSA) is 104 Å². The predicted octanol–water partition coefficient (Wildman–Crippen LogP) is 2.03. The molecule has 0 fully saturated rings. The molecule has 0 saturated heterocycles. The quantitative estimate of drug-likeness (QED) is 0.801. The second-order valence-corrected chi connectivity index (χ2v) is 5.78. The number of phenols is 1. The molecule has 0 saturated carbocycles. The highest BCUT2D eigenvalue weighted by Gasteiger charge is 2.16. The van der Waals surface area contributed by atoms with Crippen LogP contribution in [0.3, 0.4) is 0 Å². The lowest BCUT2D eigenvalue weighted by atomic mass is 10.2. The van der Waals surface area contributed by atoms with Gasteiger partial charge in [-0.1, -0.05) is 0 Å². The van der Waals surface area contributed by atoms with Gasteiger partial charge in [0.05, 0.1) is 10.5 Å². The van der Waals surface area contributed by atoms with E-state index < -0.39 is 27.6 Å². The third-order valence-electron chi connectivity index (χ3n) is 2.61. The number of hydrogen-bond donors (Lipinski definition) is 3. The van der Waals surface area contributed by atoms with Gasteiger partial charge >= 0.3 is 5.97 Å². The van der Waals surface area contributed by atoms with Crippen LogP contribution in [0.15, 0.2) is 47.4 Å². The molecule has 6 nitrogen and oxygen atoms in total. The molecule has 0 unspecified atom stereocenters. The van der Waals surface area contributed by atoms with Crippen molar-refractivity contribution in [1.82, 2.24) is 0 Å². The van der Waals surface area contributed by atoms with Crippen molar-refractivity contribution < 1.29 is 27.8 Å². The van der Waals surface area contributed by atoms with Crippen molar-refractivity contribution in [2.45, 2.75) is 4.90 Å². The Morgan fingerprint density at radius 1 is 1.10 bits per heavy atom. The van der Waals surface area contributed by atoms with Gasteiger partial charge < -0.3 is 10.2 Å². The van der Waals surface area contributed by atoms with E-state index >= 15 is 0 Å². The highest BCUT2D eigenvalue weighted by Crippen LogP contribution is 2.21. The van der Waals surface area contributed by atoms with Gasteiger partial charge in [0.25, 0.3) is 10.0 Å². The Morgan fingerprint density at radius 3 is 2.24 bits per heavy atom. The zero-order valence-electron chi connectivity index (χ0n) is 10.4. The van der Waals surface area contributed by atoms with Gasteiger partial charge in [0.2, 0.25) is 0 Å². The molecule has 0 aliphatic rings. The van der Waals surface area contributed by atoms with E-state index in [-0.39, 0.29) is 16.1 Å². The van der Waals surface area contributed by atoms with E-state index in [0.29, 0.717) is 6.07 Å². The smallest absolute Gasteiger partial charge is 0.335 e. The first-order chi connectivity index (χ1) is 9.79. The first kappa shape index (κ1) is 14.8. The van der Waals surface area contributed by atoms with Crippen molar-refractivity contribution in [3.63, 3.8) is 0 Å². The number of aromatic carboxylic acids is 1. The Morgan fingerprint density at radius 2 is 1.71 bits per heavy atom. The summed E-state index contributed by atoms with van der Waals surface area (Å²) in [4.78, 5) is 10.3. The van der Waals surface area contributed by atoms with E-state index in [2.05, 4.69) is 4.72 Å². The van der Waals surface area contributed by atoms with Gasteiger partial charge in [0, 0.05) is 5.69 Å². The number of halogens is 1. The lowest BCUT2D eigenvalue weighted by Gasteiger charge is -2.08. The van der Waals surface area contributed by atoms with Gasteiger partial charge in [-0.3, -0.25) is 4.72 Å². The Hall–Kier alpha value is -2.61. The third kappa shape index (κ3) is 3.29. The Kier molecular flexibility index (Phi) is 3.81. The number of carboxylic acids is 1. The standard InChI is InChI=1S/C13H10FNO5S/c14-11-7-10(5-6-12(11)16)21(19,20)15-9-3-1-8(2-4-9)13(17)18/h1-7,15-16H,(H,17,18). The van der Waals surface area contributed by atoms with E-state index in [1.807, 2.05) is 0 Å². The van der Waals surface area contributed by atoms with Crippen molar-refractivity contribution >= 4 is 21.7 Å². The van der Waals surface area contributed by atoms with Crippen LogP contribution in [0.2, 0.25) is 0 Å². The fourth-order valence-corrected chi connectivity index (χ4v) is 2.62. The van der Waals surface area contributed by atoms with Crippen LogP contribution in [-0.2, 0) is 10.0 Å². The van der Waals surface area contributed by atoms with Crippen molar-refractivity contribution in [2.75, 3.05) is 4.72 Å². The van der Waals surface area contributed by atoms with Crippen LogP contribution in [0.25, 0.3) is 0 Å². The molecule has 2 aromatic rings. The third-order valence-corrected chi connectivity index (χ3v) is 3.99. The summed E-state index contributed by atoms with van der Waals surface area (Å²) in [5.41, 5.74) is 0.141. The number of rotatable bonds is 4. The summed E-state index contributed by atoms with van der Waals surface area (Å²) < 4.78 is 39.4. The average molecular weight is 311 g/mol. The fraction of sp³-hybridized carbons (Fsp3) is 0. The monoisotopic (exact) mass is 311 g/mol. The van der Waals surface area contributed by atoms with Crippen molar-refractivity contribution in [3.8, 4) is 5.75 Å². The average Bonchev–Trinajstić information content (AvgIpc) is 2.42. The molecule has 3 N–H and O–H groups in total. The number of hydrogen-bond acceptors (Lipinski definition) is 4. The molecule has 8 heteroatoms. The first-order valence-corrected chi connectivity index (χ1v) is 7.12. The normalized spacial score (nSPS) is 11.1. The van der Waals surface area contributed by atoms with E-state index in [0.717, 1.165) is 12.1 Å². The summed E-state index contributed by atoms with van der Waals surface area (Å²) in [5, 5.41) is 17.8. The van der Waals surface area contributed by atoms with Crippen LogP contribution in [0.4, 0.5) is 10.1 Å². The summed E-state index contributed by atoms with van der Waals surface area (Å²) in [5.74, 6) is -2.84. The van der Waals surface area contributed by atoms with Crippen LogP contribution in [0.1, 0.15) is 10.4 Å². The first-order valence-electron chi connectivity index (χ1n) is 5.64. The summed E-state index contributed by atoms with van der Waals surface area (Å²) in [6.07, 6.45) is 0. The van der Waals surface area contributed by atoms with E-state index in [1.165, 1.54) is 24.3 Å². The molecule has 0 heterocycles. The summed E-state index contributed by atoms with van der Waals surface area (Å²) >= 11 is 0. The number of benzene rings is 2. The van der Waals surface area contributed by atoms with Crippen molar-refractivity contribution in [2.24, 2.45) is 0 Å². The maximum absolute atomic E-state index is 13.2. The van der Waals surface area contributed by atoms with Crippen molar-refractivity contribution in [1.29, 1.82) is 0 Å². The van der Waals surface area contributed by atoms with E-state index in [1.54, 1.807) is 0 Å². The van der Waals surface area contributed by atoms with E-state index in [4.69, 9.17) is 10.2 Å². The maximum atomic E-state index is 13.2. The summed E-state index contributed by atoms with van der Waals surface area (Å²) in [6.45, 7) is 0. The summed E-state index contributed by atoms with van der Waals surface area (Å²) in [6, 6.07) is 7.68. The molecule has 0 bridgehead atoms. The van der Waals surface area contributed by atoms with Gasteiger partial charge in [-0.15, -0.1) is 0 Å². The number of aromatic hydroxyl groups is 1. The molecule has 0 spiro atoms. The zero-order chi connectivity index (χ0) is 15.6. The zero-order valence-corrected chi connectivity index (χ0v) is 11.3.